The van der Waals surface area contributed by atoms with Gasteiger partial charge in [-0.3, -0.25) is 4.79 Å². The minimum atomic E-state index is 0.0531. The van der Waals surface area contributed by atoms with Crippen LogP contribution in [0.25, 0.3) is 0 Å². The lowest BCUT2D eigenvalue weighted by Gasteiger charge is -2.23. The Morgan fingerprint density at radius 3 is 2.00 bits per heavy atom. The molecular weight excluding hydrogens is 230 g/mol. The summed E-state index contributed by atoms with van der Waals surface area (Å²) in [5.74, 6) is 1.19. The molecule has 100 valence electrons. The van der Waals surface area contributed by atoms with Crippen molar-refractivity contribution in [2.24, 2.45) is 0 Å². The number of hydrogen-bond donors (Lipinski definition) is 0. The lowest BCUT2D eigenvalue weighted by Crippen LogP contribution is -2.36. The topological polar surface area (TPSA) is 35.5 Å². The van der Waals surface area contributed by atoms with E-state index in [2.05, 4.69) is 21.1 Å². The normalized spacial score (nSPS) is 11.2. The maximum atomic E-state index is 12.3. The van der Waals surface area contributed by atoms with Crippen LogP contribution < -0.4 is 9.47 Å². The standard InChI is InChI=1S/C14H22NO3/c1-15(2,3)10-9-11(16)14-12(17-4)7-6-8-13(14)18-5/h6-8H,9-10H2,1-5H3/q+1. The van der Waals surface area contributed by atoms with Crippen LogP contribution >= 0.6 is 0 Å². The molecule has 0 aliphatic rings. The molecule has 4 nitrogen and oxygen atoms in total. The number of ketones is 1. The van der Waals surface area contributed by atoms with Crippen molar-refractivity contribution in [3.63, 3.8) is 0 Å². The minimum absolute atomic E-state index is 0.0531. The molecule has 1 aromatic rings. The predicted octanol–water partition coefficient (Wildman–Crippen LogP) is 1.98. The van der Waals surface area contributed by atoms with E-state index in [1.54, 1.807) is 26.4 Å². The van der Waals surface area contributed by atoms with Crippen molar-refractivity contribution in [2.45, 2.75) is 6.42 Å². The molecule has 1 aromatic carbocycles. The number of quaternary nitrogens is 1. The van der Waals surface area contributed by atoms with Gasteiger partial charge in [0.2, 0.25) is 0 Å². The summed E-state index contributed by atoms with van der Waals surface area (Å²) >= 11 is 0. The maximum Gasteiger partial charge on any atom is 0.175 e. The van der Waals surface area contributed by atoms with Crippen LogP contribution in [0.1, 0.15) is 16.8 Å². The first-order valence-electron chi connectivity index (χ1n) is 5.93. The van der Waals surface area contributed by atoms with E-state index < -0.39 is 0 Å². The molecule has 0 spiro atoms. The molecule has 0 saturated heterocycles. The fraction of sp³-hybridized carbons (Fsp3) is 0.500. The highest BCUT2D eigenvalue weighted by atomic mass is 16.5. The van der Waals surface area contributed by atoms with Gasteiger partial charge in [0, 0.05) is 0 Å². The van der Waals surface area contributed by atoms with Crippen LogP contribution in [0.3, 0.4) is 0 Å². The zero-order chi connectivity index (χ0) is 13.8. The first-order chi connectivity index (χ1) is 8.39. The smallest absolute Gasteiger partial charge is 0.175 e. The molecule has 0 N–H and O–H groups in total. The second kappa shape index (κ2) is 5.87. The molecule has 0 atom stereocenters. The molecule has 0 bridgehead atoms. The van der Waals surface area contributed by atoms with E-state index in [4.69, 9.17) is 9.47 Å². The summed E-state index contributed by atoms with van der Waals surface area (Å²) in [4.78, 5) is 12.3. The Kier molecular flexibility index (Phi) is 4.73. The maximum absolute atomic E-state index is 12.3. The Bertz CT molecular complexity index is 399. The summed E-state index contributed by atoms with van der Waals surface area (Å²) < 4.78 is 11.2. The van der Waals surface area contributed by atoms with Crippen molar-refractivity contribution in [1.82, 2.24) is 0 Å². The Balaban J connectivity index is 2.96. The number of hydrogen-bond acceptors (Lipinski definition) is 3. The SMILES string of the molecule is COc1cccc(OC)c1C(=O)CC[N+](C)(C)C. The Labute approximate surface area is 109 Å². The van der Waals surface area contributed by atoms with Gasteiger partial charge in [-0.25, -0.2) is 0 Å². The zero-order valence-corrected chi connectivity index (χ0v) is 11.8. The van der Waals surface area contributed by atoms with Crippen molar-refractivity contribution >= 4 is 5.78 Å². The molecule has 0 fully saturated rings. The van der Waals surface area contributed by atoms with Gasteiger partial charge in [-0.15, -0.1) is 0 Å². The summed E-state index contributed by atoms with van der Waals surface area (Å²) in [6.07, 6.45) is 0.472. The molecule has 1 rings (SSSR count). The highest BCUT2D eigenvalue weighted by Crippen LogP contribution is 2.29. The zero-order valence-electron chi connectivity index (χ0n) is 11.8. The van der Waals surface area contributed by atoms with Crippen LogP contribution in [0, 0.1) is 0 Å². The molecule has 0 aliphatic carbocycles. The van der Waals surface area contributed by atoms with Crippen molar-refractivity contribution in [2.75, 3.05) is 41.9 Å². The van der Waals surface area contributed by atoms with Crippen molar-refractivity contribution in [1.29, 1.82) is 0 Å². The number of carbonyl (C=O) groups is 1. The van der Waals surface area contributed by atoms with Gasteiger partial charge < -0.3 is 14.0 Å². The first kappa shape index (κ1) is 14.5. The number of ether oxygens (including phenoxy) is 2. The van der Waals surface area contributed by atoms with Crippen molar-refractivity contribution < 1.29 is 18.8 Å². The number of rotatable bonds is 6. The lowest BCUT2D eigenvalue weighted by atomic mass is 10.1. The third-order valence-corrected chi connectivity index (χ3v) is 2.72. The van der Waals surface area contributed by atoms with Crippen LogP contribution in [-0.4, -0.2) is 52.2 Å². The van der Waals surface area contributed by atoms with E-state index in [0.29, 0.717) is 23.5 Å². The fourth-order valence-corrected chi connectivity index (χ4v) is 1.69. The fourth-order valence-electron chi connectivity index (χ4n) is 1.69. The number of methoxy groups -OCH3 is 2. The monoisotopic (exact) mass is 252 g/mol. The van der Waals surface area contributed by atoms with Crippen LogP contribution in [0.5, 0.6) is 11.5 Å². The predicted molar refractivity (Wildman–Crippen MR) is 71.4 cm³/mol. The van der Waals surface area contributed by atoms with Crippen LogP contribution in [0.4, 0.5) is 0 Å². The molecule has 0 radical (unpaired) electrons. The Hall–Kier alpha value is -1.55. The highest BCUT2D eigenvalue weighted by Gasteiger charge is 2.20. The lowest BCUT2D eigenvalue weighted by molar-refractivity contribution is -0.869. The quantitative estimate of drug-likeness (QED) is 0.573. The second-order valence-electron chi connectivity index (χ2n) is 5.22. The summed E-state index contributed by atoms with van der Waals surface area (Å²) in [6.45, 7) is 0.778. The molecule has 18 heavy (non-hydrogen) atoms. The highest BCUT2D eigenvalue weighted by molar-refractivity contribution is 6.01. The minimum Gasteiger partial charge on any atom is -0.496 e. The van der Waals surface area contributed by atoms with Gasteiger partial charge in [0.05, 0.1) is 48.3 Å². The van der Waals surface area contributed by atoms with Gasteiger partial charge in [0.1, 0.15) is 17.1 Å². The molecule has 0 saturated carbocycles. The van der Waals surface area contributed by atoms with E-state index in [9.17, 15) is 4.79 Å². The second-order valence-corrected chi connectivity index (χ2v) is 5.22. The summed E-state index contributed by atoms with van der Waals surface area (Å²) in [7, 11) is 9.31. The molecule has 0 unspecified atom stereocenters. The average molecular weight is 252 g/mol. The summed E-state index contributed by atoms with van der Waals surface area (Å²) in [5, 5.41) is 0. The van der Waals surface area contributed by atoms with Gasteiger partial charge in [-0.2, -0.15) is 0 Å². The van der Waals surface area contributed by atoms with E-state index in [-0.39, 0.29) is 5.78 Å². The van der Waals surface area contributed by atoms with Crippen LogP contribution in [0.15, 0.2) is 18.2 Å². The molecule has 0 aromatic heterocycles. The van der Waals surface area contributed by atoms with Gasteiger partial charge in [0.25, 0.3) is 0 Å². The Morgan fingerprint density at radius 1 is 1.11 bits per heavy atom. The third-order valence-electron chi connectivity index (χ3n) is 2.72. The average Bonchev–Trinajstić information content (AvgIpc) is 2.33. The van der Waals surface area contributed by atoms with Gasteiger partial charge in [-0.1, -0.05) is 6.07 Å². The number of carbonyl (C=O) groups excluding carboxylic acids is 1. The van der Waals surface area contributed by atoms with E-state index in [1.807, 2.05) is 6.07 Å². The first-order valence-corrected chi connectivity index (χ1v) is 5.93. The molecule has 0 aliphatic heterocycles. The third kappa shape index (κ3) is 3.74. The number of nitrogens with zero attached hydrogens (tertiary/aromatic N) is 1. The summed E-state index contributed by atoms with van der Waals surface area (Å²) in [5.41, 5.74) is 0.538. The number of benzene rings is 1. The van der Waals surface area contributed by atoms with Gasteiger partial charge >= 0.3 is 0 Å². The molecule has 4 heteroatoms. The molecule has 0 heterocycles. The van der Waals surface area contributed by atoms with Crippen LogP contribution in [0.2, 0.25) is 0 Å². The van der Waals surface area contributed by atoms with Gasteiger partial charge in [0.15, 0.2) is 5.78 Å². The molecule has 0 amide bonds. The Morgan fingerprint density at radius 2 is 1.61 bits per heavy atom. The molecular formula is C14H22NO3+. The van der Waals surface area contributed by atoms with E-state index >= 15 is 0 Å². The van der Waals surface area contributed by atoms with Crippen LogP contribution in [-0.2, 0) is 0 Å². The largest absolute Gasteiger partial charge is 0.496 e. The van der Waals surface area contributed by atoms with Crippen molar-refractivity contribution in [3.8, 4) is 11.5 Å². The summed E-state index contributed by atoms with van der Waals surface area (Å²) in [6, 6.07) is 5.37. The number of Topliss-reactive ketones (excluding diaryl/α,β-unsaturated/α-hetero) is 1. The van der Waals surface area contributed by atoms with E-state index in [1.165, 1.54) is 0 Å². The van der Waals surface area contributed by atoms with Gasteiger partial charge in [-0.05, 0) is 12.1 Å². The van der Waals surface area contributed by atoms with E-state index in [0.717, 1.165) is 11.0 Å². The van der Waals surface area contributed by atoms with Crippen molar-refractivity contribution in [3.05, 3.63) is 23.8 Å².